The third-order valence-corrected chi connectivity index (χ3v) is 5.37. The van der Waals surface area contributed by atoms with E-state index in [0.717, 1.165) is 37.5 Å². The highest BCUT2D eigenvalue weighted by Crippen LogP contribution is 2.20. The minimum Gasteiger partial charge on any atom is -0.357 e. The fraction of sp³-hybridized carbons (Fsp3) is 0.842. The van der Waals surface area contributed by atoms with Crippen molar-refractivity contribution in [2.24, 2.45) is 4.99 Å². The van der Waals surface area contributed by atoms with Crippen LogP contribution < -0.4 is 10.6 Å². The van der Waals surface area contributed by atoms with Crippen molar-refractivity contribution in [2.45, 2.75) is 70.6 Å². The van der Waals surface area contributed by atoms with Crippen molar-refractivity contribution in [1.82, 2.24) is 30.3 Å². The van der Waals surface area contributed by atoms with E-state index >= 15 is 0 Å². The van der Waals surface area contributed by atoms with Gasteiger partial charge in [0.05, 0.1) is 6.54 Å². The Hall–Kier alpha value is -1.84. The summed E-state index contributed by atoms with van der Waals surface area (Å²) in [6, 6.07) is -0.0117. The van der Waals surface area contributed by atoms with Gasteiger partial charge in [0.15, 0.2) is 5.96 Å². The molecule has 1 fully saturated rings. The molecule has 2 aliphatic heterocycles. The van der Waals surface area contributed by atoms with Gasteiger partial charge in [-0.1, -0.05) is 6.42 Å². The summed E-state index contributed by atoms with van der Waals surface area (Å²) >= 11 is 0. The zero-order valence-corrected chi connectivity index (χ0v) is 17.1. The van der Waals surface area contributed by atoms with Gasteiger partial charge in [0.25, 0.3) is 0 Å². The van der Waals surface area contributed by atoms with Gasteiger partial charge in [-0.25, -0.2) is 0 Å². The molecule has 164 valence electrons. The maximum Gasteiger partial charge on any atom is 0.401 e. The van der Waals surface area contributed by atoms with Crippen LogP contribution in [0.25, 0.3) is 0 Å². The van der Waals surface area contributed by atoms with Crippen LogP contribution in [0.15, 0.2) is 4.99 Å². The van der Waals surface area contributed by atoms with Gasteiger partial charge in [0.1, 0.15) is 11.6 Å². The van der Waals surface area contributed by atoms with Gasteiger partial charge in [0.2, 0.25) is 0 Å². The quantitative estimate of drug-likeness (QED) is 0.406. The van der Waals surface area contributed by atoms with Crippen LogP contribution in [0.3, 0.4) is 0 Å². The average molecular weight is 416 g/mol. The van der Waals surface area contributed by atoms with Gasteiger partial charge in [0, 0.05) is 51.6 Å². The van der Waals surface area contributed by atoms with E-state index in [9.17, 15) is 13.2 Å². The number of nitrogens with zero attached hydrogens (tertiary/aromatic N) is 5. The predicted molar refractivity (Wildman–Crippen MR) is 106 cm³/mol. The van der Waals surface area contributed by atoms with Crippen LogP contribution >= 0.6 is 0 Å². The van der Waals surface area contributed by atoms with Gasteiger partial charge in [-0.15, -0.1) is 10.2 Å². The molecule has 1 unspecified atom stereocenters. The summed E-state index contributed by atoms with van der Waals surface area (Å²) in [6.07, 6.45) is 2.84. The van der Waals surface area contributed by atoms with E-state index in [1.807, 2.05) is 6.92 Å². The van der Waals surface area contributed by atoms with E-state index < -0.39 is 12.7 Å². The van der Waals surface area contributed by atoms with Crippen LogP contribution in [0, 0.1) is 0 Å². The van der Waals surface area contributed by atoms with Crippen LogP contribution in [0.2, 0.25) is 0 Å². The average Bonchev–Trinajstić information content (AvgIpc) is 3.16. The lowest BCUT2D eigenvalue weighted by Crippen LogP contribution is -2.45. The summed E-state index contributed by atoms with van der Waals surface area (Å²) < 4.78 is 39.9. The Kier molecular flexibility index (Phi) is 7.74. The highest BCUT2D eigenvalue weighted by atomic mass is 19.4. The molecule has 1 saturated heterocycles. The molecule has 0 saturated carbocycles. The molecular formula is C19H32F3N7. The molecule has 0 radical (unpaired) electrons. The van der Waals surface area contributed by atoms with Crippen molar-refractivity contribution in [3.05, 3.63) is 11.6 Å². The van der Waals surface area contributed by atoms with Crippen LogP contribution in [0.1, 0.15) is 50.7 Å². The van der Waals surface area contributed by atoms with Crippen LogP contribution in [0.5, 0.6) is 0 Å². The maximum absolute atomic E-state index is 12.6. The molecule has 1 aromatic heterocycles. The Morgan fingerprint density at radius 3 is 2.86 bits per heavy atom. The van der Waals surface area contributed by atoms with E-state index in [-0.39, 0.29) is 6.04 Å². The number of likely N-dealkylation sites (tertiary alicyclic amines) is 1. The Labute approximate surface area is 170 Å². The lowest BCUT2D eigenvalue weighted by molar-refractivity contribution is -0.143. The Morgan fingerprint density at radius 1 is 1.21 bits per heavy atom. The van der Waals surface area contributed by atoms with Crippen molar-refractivity contribution in [3.8, 4) is 0 Å². The molecule has 0 aromatic carbocycles. The first-order valence-corrected chi connectivity index (χ1v) is 10.7. The van der Waals surface area contributed by atoms with E-state index in [1.165, 1.54) is 24.2 Å². The van der Waals surface area contributed by atoms with Crippen molar-refractivity contribution in [3.63, 3.8) is 0 Å². The number of guanidine groups is 1. The zero-order valence-electron chi connectivity index (χ0n) is 17.1. The molecule has 0 bridgehead atoms. The van der Waals surface area contributed by atoms with Gasteiger partial charge >= 0.3 is 6.18 Å². The molecule has 3 heterocycles. The number of halogens is 3. The van der Waals surface area contributed by atoms with Crippen molar-refractivity contribution < 1.29 is 13.2 Å². The number of rotatable bonds is 7. The van der Waals surface area contributed by atoms with Crippen LogP contribution in [0.4, 0.5) is 13.2 Å². The second-order valence-corrected chi connectivity index (χ2v) is 7.84. The Balaban J connectivity index is 1.46. The number of hydrogen-bond donors (Lipinski definition) is 2. The molecule has 1 aromatic rings. The fourth-order valence-electron chi connectivity index (χ4n) is 4.02. The highest BCUT2D eigenvalue weighted by Gasteiger charge is 2.34. The largest absolute Gasteiger partial charge is 0.401 e. The third-order valence-electron chi connectivity index (χ3n) is 5.37. The van der Waals surface area contributed by atoms with Gasteiger partial charge in [-0.2, -0.15) is 13.2 Å². The molecule has 2 aliphatic rings. The minimum atomic E-state index is -4.15. The smallest absolute Gasteiger partial charge is 0.357 e. The number of aromatic nitrogens is 3. The lowest BCUT2D eigenvalue weighted by Gasteiger charge is -2.19. The van der Waals surface area contributed by atoms with E-state index in [1.54, 1.807) is 0 Å². The number of hydrogen-bond acceptors (Lipinski definition) is 4. The Morgan fingerprint density at radius 2 is 2.07 bits per heavy atom. The second kappa shape index (κ2) is 10.3. The number of alkyl halides is 3. The van der Waals surface area contributed by atoms with E-state index in [2.05, 4.69) is 30.4 Å². The summed E-state index contributed by atoms with van der Waals surface area (Å²) in [5, 5.41) is 15.1. The second-order valence-electron chi connectivity index (χ2n) is 7.84. The van der Waals surface area contributed by atoms with Crippen LogP contribution in [-0.4, -0.2) is 70.6 Å². The number of fused-ring (bicyclic) bond motifs is 1. The molecule has 3 rings (SSSR count). The van der Waals surface area contributed by atoms with Gasteiger partial charge in [-0.3, -0.25) is 9.89 Å². The highest BCUT2D eigenvalue weighted by molar-refractivity contribution is 5.80. The molecule has 0 aliphatic carbocycles. The normalized spacial score (nSPS) is 21.1. The molecule has 29 heavy (non-hydrogen) atoms. The van der Waals surface area contributed by atoms with Crippen molar-refractivity contribution in [2.75, 3.05) is 32.7 Å². The minimum absolute atomic E-state index is 0.0117. The zero-order chi connectivity index (χ0) is 20.7. The standard InChI is InChI=1S/C19H32F3N7/c1-2-23-18(25-15-9-12-28(13-15)14-19(20,21)22)24-10-6-8-17-27-26-16-7-4-3-5-11-29(16)17/h15H,2-14H2,1H3,(H2,23,24,25). The van der Waals surface area contributed by atoms with Crippen molar-refractivity contribution >= 4 is 5.96 Å². The summed E-state index contributed by atoms with van der Waals surface area (Å²) in [6.45, 7) is 4.32. The first-order chi connectivity index (χ1) is 13.9. The first-order valence-electron chi connectivity index (χ1n) is 10.7. The molecule has 2 N–H and O–H groups in total. The van der Waals surface area contributed by atoms with Crippen molar-refractivity contribution in [1.29, 1.82) is 0 Å². The summed E-state index contributed by atoms with van der Waals surface area (Å²) in [7, 11) is 0. The molecule has 0 spiro atoms. The van der Waals surface area contributed by atoms with E-state index in [4.69, 9.17) is 0 Å². The number of aryl methyl sites for hydroxylation is 2. The first kappa shape index (κ1) is 21.9. The lowest BCUT2D eigenvalue weighted by atomic mass is 10.2. The Bertz CT molecular complexity index is 671. The summed E-state index contributed by atoms with van der Waals surface area (Å²) in [4.78, 5) is 6.05. The number of nitrogens with one attached hydrogen (secondary N) is 2. The topological polar surface area (TPSA) is 70.4 Å². The van der Waals surface area contributed by atoms with E-state index in [0.29, 0.717) is 38.6 Å². The monoisotopic (exact) mass is 415 g/mol. The number of aliphatic imine (C=N–C) groups is 1. The summed E-state index contributed by atoms with van der Waals surface area (Å²) in [5.74, 6) is 2.81. The SMILES string of the molecule is CCNC(=NCCCc1nnc2n1CCCCC2)NC1CCN(CC(F)(F)F)C1. The fourth-order valence-corrected chi connectivity index (χ4v) is 4.02. The maximum atomic E-state index is 12.6. The van der Waals surface area contributed by atoms with Crippen LogP contribution in [-0.2, 0) is 19.4 Å². The molecule has 10 heteroatoms. The third kappa shape index (κ3) is 6.87. The molecule has 0 amide bonds. The van der Waals surface area contributed by atoms with Gasteiger partial charge in [-0.05, 0) is 32.6 Å². The molecule has 1 atom stereocenters. The molecule has 7 nitrogen and oxygen atoms in total. The summed E-state index contributed by atoms with van der Waals surface area (Å²) in [5.41, 5.74) is 0. The van der Waals surface area contributed by atoms with Gasteiger partial charge < -0.3 is 15.2 Å². The predicted octanol–water partition coefficient (Wildman–Crippen LogP) is 2.13. The molecular weight excluding hydrogens is 383 g/mol.